The molecular formula is C20H20F3N3O3S2. The standard InChI is InChI=1S/C20H20F3N3O3S2/c1-11-12(2)31-17-16(11)18(28)26(8-9-29-3)19(25-17)30-10-15(27)24-14-7-5-4-6-13(14)20(21,22)23/h4-7H,8-10H2,1-3H3,(H,24,27). The van der Waals surface area contributed by atoms with Crippen LogP contribution >= 0.6 is 23.1 Å². The van der Waals surface area contributed by atoms with Crippen molar-refractivity contribution in [3.63, 3.8) is 0 Å². The third kappa shape index (κ3) is 5.10. The highest BCUT2D eigenvalue weighted by molar-refractivity contribution is 7.99. The number of halogens is 3. The first-order valence-electron chi connectivity index (χ1n) is 9.21. The van der Waals surface area contributed by atoms with Crippen molar-refractivity contribution in [1.29, 1.82) is 0 Å². The van der Waals surface area contributed by atoms with Gasteiger partial charge in [0.25, 0.3) is 5.56 Å². The molecule has 2 heterocycles. The quantitative estimate of drug-likeness (QED) is 0.407. The van der Waals surface area contributed by atoms with Gasteiger partial charge in [-0.25, -0.2) is 4.98 Å². The van der Waals surface area contributed by atoms with E-state index in [4.69, 9.17) is 4.74 Å². The number of carbonyl (C=O) groups excluding carboxylic acids is 1. The Morgan fingerprint density at radius 2 is 2.00 bits per heavy atom. The molecule has 6 nitrogen and oxygen atoms in total. The molecule has 0 saturated carbocycles. The molecule has 0 unspecified atom stereocenters. The van der Waals surface area contributed by atoms with E-state index in [1.54, 1.807) is 0 Å². The number of benzene rings is 1. The summed E-state index contributed by atoms with van der Waals surface area (Å²) in [5.41, 5.74) is -0.601. The molecule has 0 spiro atoms. The predicted molar refractivity (Wildman–Crippen MR) is 116 cm³/mol. The molecule has 3 aromatic rings. The normalized spacial score (nSPS) is 11.8. The lowest BCUT2D eigenvalue weighted by Crippen LogP contribution is -2.26. The fourth-order valence-corrected chi connectivity index (χ4v) is 4.85. The third-order valence-corrected chi connectivity index (χ3v) is 6.69. The van der Waals surface area contributed by atoms with Crippen LogP contribution in [0.15, 0.2) is 34.2 Å². The molecular weight excluding hydrogens is 451 g/mol. The minimum absolute atomic E-state index is 0.208. The van der Waals surface area contributed by atoms with Crippen molar-refractivity contribution in [1.82, 2.24) is 9.55 Å². The Balaban J connectivity index is 1.85. The summed E-state index contributed by atoms with van der Waals surface area (Å²) >= 11 is 2.38. The molecule has 1 aromatic carbocycles. The van der Waals surface area contributed by atoms with Crippen LogP contribution in [0.25, 0.3) is 10.2 Å². The van der Waals surface area contributed by atoms with Gasteiger partial charge in [-0.05, 0) is 31.5 Å². The number of ether oxygens (including phenoxy) is 1. The Morgan fingerprint density at radius 1 is 1.29 bits per heavy atom. The number of hydrogen-bond donors (Lipinski definition) is 1. The smallest absolute Gasteiger partial charge is 0.383 e. The third-order valence-electron chi connectivity index (χ3n) is 4.61. The van der Waals surface area contributed by atoms with Crippen LogP contribution in [-0.2, 0) is 22.3 Å². The minimum atomic E-state index is -4.58. The van der Waals surface area contributed by atoms with E-state index >= 15 is 0 Å². The van der Waals surface area contributed by atoms with Gasteiger partial charge < -0.3 is 10.1 Å². The van der Waals surface area contributed by atoms with Crippen LogP contribution < -0.4 is 10.9 Å². The highest BCUT2D eigenvalue weighted by Crippen LogP contribution is 2.34. The molecule has 2 aromatic heterocycles. The molecule has 1 amide bonds. The second-order valence-corrected chi connectivity index (χ2v) is 8.83. The summed E-state index contributed by atoms with van der Waals surface area (Å²) in [7, 11) is 1.51. The van der Waals surface area contributed by atoms with Gasteiger partial charge >= 0.3 is 6.18 Å². The molecule has 0 bridgehead atoms. The Morgan fingerprint density at radius 3 is 2.68 bits per heavy atom. The fraction of sp³-hybridized carbons (Fsp3) is 0.350. The van der Waals surface area contributed by atoms with E-state index in [0.717, 1.165) is 28.3 Å². The van der Waals surface area contributed by atoms with Crippen molar-refractivity contribution in [3.05, 3.63) is 50.6 Å². The number of methoxy groups -OCH3 is 1. The maximum Gasteiger partial charge on any atom is 0.418 e. The molecule has 3 rings (SSSR count). The average Bonchev–Trinajstić information content (AvgIpc) is 2.99. The molecule has 0 aliphatic heterocycles. The van der Waals surface area contributed by atoms with Crippen molar-refractivity contribution >= 4 is 44.9 Å². The van der Waals surface area contributed by atoms with Gasteiger partial charge in [0.1, 0.15) is 4.83 Å². The molecule has 166 valence electrons. The van der Waals surface area contributed by atoms with E-state index in [9.17, 15) is 22.8 Å². The Bertz CT molecular complexity index is 1170. The van der Waals surface area contributed by atoms with Crippen LogP contribution in [0.2, 0.25) is 0 Å². The lowest BCUT2D eigenvalue weighted by molar-refractivity contribution is -0.137. The number of fused-ring (bicyclic) bond motifs is 1. The van der Waals surface area contributed by atoms with Crippen molar-refractivity contribution in [2.24, 2.45) is 0 Å². The molecule has 0 saturated heterocycles. The van der Waals surface area contributed by atoms with E-state index in [1.165, 1.54) is 41.2 Å². The SMILES string of the molecule is COCCn1c(SCC(=O)Nc2ccccc2C(F)(F)F)nc2sc(C)c(C)c2c1=O. The van der Waals surface area contributed by atoms with Gasteiger partial charge in [0.2, 0.25) is 5.91 Å². The van der Waals surface area contributed by atoms with E-state index in [1.807, 2.05) is 13.8 Å². The summed E-state index contributed by atoms with van der Waals surface area (Å²) in [5.74, 6) is -0.839. The van der Waals surface area contributed by atoms with Crippen molar-refractivity contribution in [2.45, 2.75) is 31.7 Å². The highest BCUT2D eigenvalue weighted by Gasteiger charge is 2.33. The summed E-state index contributed by atoms with van der Waals surface area (Å²) in [6.07, 6.45) is -4.58. The maximum absolute atomic E-state index is 13.1. The number of para-hydroxylation sites is 1. The number of thioether (sulfide) groups is 1. The maximum atomic E-state index is 13.1. The summed E-state index contributed by atoms with van der Waals surface area (Å²) in [6, 6.07) is 4.77. The molecule has 11 heteroatoms. The van der Waals surface area contributed by atoms with Crippen molar-refractivity contribution in [2.75, 3.05) is 24.8 Å². The van der Waals surface area contributed by atoms with Crippen LogP contribution in [0.5, 0.6) is 0 Å². The number of nitrogens with zero attached hydrogens (tertiary/aromatic N) is 2. The zero-order chi connectivity index (χ0) is 22.8. The van der Waals surface area contributed by atoms with Crippen molar-refractivity contribution < 1.29 is 22.7 Å². The number of amides is 1. The van der Waals surface area contributed by atoms with Crippen LogP contribution in [0.4, 0.5) is 18.9 Å². The monoisotopic (exact) mass is 471 g/mol. The number of thiophene rings is 1. The van der Waals surface area contributed by atoms with Crippen molar-refractivity contribution in [3.8, 4) is 0 Å². The molecule has 0 aliphatic rings. The number of nitrogens with one attached hydrogen (secondary N) is 1. The zero-order valence-electron chi connectivity index (χ0n) is 17.0. The van der Waals surface area contributed by atoms with Gasteiger partial charge in [-0.2, -0.15) is 13.2 Å². The van der Waals surface area contributed by atoms with Crippen LogP contribution in [0.1, 0.15) is 16.0 Å². The summed E-state index contributed by atoms with van der Waals surface area (Å²) < 4.78 is 45.9. The Labute approximate surface area is 184 Å². The number of aromatic nitrogens is 2. The molecule has 0 aliphatic carbocycles. The van der Waals surface area contributed by atoms with Gasteiger partial charge in [-0.1, -0.05) is 23.9 Å². The van der Waals surface area contributed by atoms with Gasteiger partial charge in [-0.15, -0.1) is 11.3 Å². The van der Waals surface area contributed by atoms with Crippen LogP contribution in [-0.4, -0.2) is 34.9 Å². The second-order valence-electron chi connectivity index (χ2n) is 6.69. The number of aryl methyl sites for hydroxylation is 2. The van der Waals surface area contributed by atoms with Gasteiger partial charge in [-0.3, -0.25) is 14.2 Å². The number of anilines is 1. The summed E-state index contributed by atoms with van der Waals surface area (Å²) in [6.45, 7) is 4.27. The van der Waals surface area contributed by atoms with Crippen LogP contribution in [0.3, 0.4) is 0 Å². The lowest BCUT2D eigenvalue weighted by atomic mass is 10.1. The van der Waals surface area contributed by atoms with Gasteiger partial charge in [0, 0.05) is 12.0 Å². The molecule has 1 N–H and O–H groups in total. The van der Waals surface area contributed by atoms with E-state index in [-0.39, 0.29) is 30.2 Å². The Kier molecular flexibility index (Phi) is 7.07. The number of alkyl halides is 3. The number of rotatable bonds is 7. The fourth-order valence-electron chi connectivity index (χ4n) is 2.95. The first-order valence-corrected chi connectivity index (χ1v) is 11.0. The second kappa shape index (κ2) is 9.41. The highest BCUT2D eigenvalue weighted by atomic mass is 32.2. The van der Waals surface area contributed by atoms with E-state index in [2.05, 4.69) is 10.3 Å². The molecule has 0 atom stereocenters. The summed E-state index contributed by atoms with van der Waals surface area (Å²) in [5, 5.41) is 3.15. The van der Waals surface area contributed by atoms with Gasteiger partial charge in [0.05, 0.1) is 35.5 Å². The minimum Gasteiger partial charge on any atom is -0.383 e. The van der Waals surface area contributed by atoms with E-state index < -0.39 is 17.6 Å². The first-order chi connectivity index (χ1) is 14.6. The van der Waals surface area contributed by atoms with Gasteiger partial charge in [0.15, 0.2) is 5.16 Å². The Hall–Kier alpha value is -2.37. The molecule has 31 heavy (non-hydrogen) atoms. The first kappa shape index (κ1) is 23.3. The topological polar surface area (TPSA) is 73.2 Å². The number of hydrogen-bond acceptors (Lipinski definition) is 6. The molecule has 0 fully saturated rings. The van der Waals surface area contributed by atoms with E-state index in [0.29, 0.717) is 15.4 Å². The summed E-state index contributed by atoms with van der Waals surface area (Å²) in [4.78, 5) is 31.5. The zero-order valence-corrected chi connectivity index (χ0v) is 18.6. The largest absolute Gasteiger partial charge is 0.418 e. The lowest BCUT2D eigenvalue weighted by Gasteiger charge is -2.14. The average molecular weight is 472 g/mol. The predicted octanol–water partition coefficient (Wildman–Crippen LogP) is 4.47. The molecule has 0 radical (unpaired) electrons. The number of carbonyl (C=O) groups is 1. The van der Waals surface area contributed by atoms with Crippen LogP contribution in [0, 0.1) is 13.8 Å².